The van der Waals surface area contributed by atoms with Gasteiger partial charge in [-0.3, -0.25) is 0 Å². The fourth-order valence-electron chi connectivity index (χ4n) is 1.68. The lowest BCUT2D eigenvalue weighted by molar-refractivity contribution is 0.0697. The molecule has 7 heteroatoms. The summed E-state index contributed by atoms with van der Waals surface area (Å²) >= 11 is 0. The number of carboxylic acid groups (broad SMARTS) is 1. The van der Waals surface area contributed by atoms with Crippen molar-refractivity contribution >= 4 is 17.7 Å². The molecule has 0 unspecified atom stereocenters. The van der Waals surface area contributed by atoms with E-state index in [4.69, 9.17) is 9.84 Å². The second-order valence-corrected chi connectivity index (χ2v) is 4.93. The van der Waals surface area contributed by atoms with E-state index in [0.717, 1.165) is 6.07 Å². The molecular formula is C13H18N2O5. The standard InChI is InChI=1S/C13H18N2O5/c1-13(2,7-20-3)15-12(19)14-10-5-4-8(16)6-9(10)11(17)18/h4-6,16H,7H2,1-3H3,(H,17,18)(H2,14,15,19). The molecule has 0 saturated carbocycles. The van der Waals surface area contributed by atoms with E-state index >= 15 is 0 Å². The topological polar surface area (TPSA) is 108 Å². The van der Waals surface area contributed by atoms with E-state index in [2.05, 4.69) is 10.6 Å². The largest absolute Gasteiger partial charge is 0.508 e. The molecule has 0 aliphatic carbocycles. The van der Waals surface area contributed by atoms with Crippen molar-refractivity contribution in [1.82, 2.24) is 5.32 Å². The maximum absolute atomic E-state index is 11.8. The highest BCUT2D eigenvalue weighted by Gasteiger charge is 2.21. The zero-order valence-corrected chi connectivity index (χ0v) is 11.6. The number of benzene rings is 1. The van der Waals surface area contributed by atoms with Gasteiger partial charge in [-0.1, -0.05) is 0 Å². The van der Waals surface area contributed by atoms with Crippen LogP contribution in [0.5, 0.6) is 5.75 Å². The summed E-state index contributed by atoms with van der Waals surface area (Å²) in [7, 11) is 1.52. The van der Waals surface area contributed by atoms with Gasteiger partial charge in [-0.15, -0.1) is 0 Å². The lowest BCUT2D eigenvalue weighted by atomic mass is 10.1. The highest BCUT2D eigenvalue weighted by Crippen LogP contribution is 2.21. The van der Waals surface area contributed by atoms with E-state index in [1.807, 2.05) is 0 Å². The van der Waals surface area contributed by atoms with Gasteiger partial charge in [-0.05, 0) is 32.0 Å². The molecule has 0 bridgehead atoms. The van der Waals surface area contributed by atoms with Gasteiger partial charge < -0.3 is 25.6 Å². The molecule has 0 spiro atoms. The number of phenols is 1. The number of carbonyl (C=O) groups excluding carboxylic acids is 1. The predicted molar refractivity (Wildman–Crippen MR) is 73.2 cm³/mol. The van der Waals surface area contributed by atoms with E-state index in [9.17, 15) is 14.7 Å². The fourth-order valence-corrected chi connectivity index (χ4v) is 1.68. The molecular weight excluding hydrogens is 264 g/mol. The summed E-state index contributed by atoms with van der Waals surface area (Å²) in [6.45, 7) is 3.85. The Hall–Kier alpha value is -2.28. The molecule has 0 aromatic heterocycles. The predicted octanol–water partition coefficient (Wildman–Crippen LogP) is 1.64. The fraction of sp³-hybridized carbons (Fsp3) is 0.385. The van der Waals surface area contributed by atoms with Gasteiger partial charge in [-0.25, -0.2) is 9.59 Å². The molecule has 1 aromatic rings. The van der Waals surface area contributed by atoms with Gasteiger partial charge in [0.25, 0.3) is 0 Å². The van der Waals surface area contributed by atoms with Crippen molar-refractivity contribution in [2.75, 3.05) is 19.0 Å². The van der Waals surface area contributed by atoms with Gasteiger partial charge in [0.05, 0.1) is 23.4 Å². The van der Waals surface area contributed by atoms with Crippen molar-refractivity contribution in [3.8, 4) is 5.75 Å². The van der Waals surface area contributed by atoms with Crippen LogP contribution in [0.25, 0.3) is 0 Å². The van der Waals surface area contributed by atoms with Crippen LogP contribution in [0.4, 0.5) is 10.5 Å². The minimum Gasteiger partial charge on any atom is -0.508 e. The van der Waals surface area contributed by atoms with Crippen LogP contribution in [-0.4, -0.2) is 41.5 Å². The van der Waals surface area contributed by atoms with Gasteiger partial charge >= 0.3 is 12.0 Å². The number of methoxy groups -OCH3 is 1. The van der Waals surface area contributed by atoms with E-state index in [0.29, 0.717) is 6.61 Å². The van der Waals surface area contributed by atoms with Crippen LogP contribution in [0.15, 0.2) is 18.2 Å². The molecule has 7 nitrogen and oxygen atoms in total. The SMILES string of the molecule is COCC(C)(C)NC(=O)Nc1ccc(O)cc1C(=O)O. The first kappa shape index (κ1) is 15.8. The highest BCUT2D eigenvalue weighted by molar-refractivity contribution is 6.00. The number of ether oxygens (including phenoxy) is 1. The molecule has 0 heterocycles. The smallest absolute Gasteiger partial charge is 0.337 e. The summed E-state index contributed by atoms with van der Waals surface area (Å²) in [6.07, 6.45) is 0. The van der Waals surface area contributed by atoms with Gasteiger partial charge in [-0.2, -0.15) is 0 Å². The summed E-state index contributed by atoms with van der Waals surface area (Å²) in [5, 5.41) is 23.4. The third-order valence-corrected chi connectivity index (χ3v) is 2.44. The van der Waals surface area contributed by atoms with Crippen molar-refractivity contribution < 1.29 is 24.5 Å². The summed E-state index contributed by atoms with van der Waals surface area (Å²) in [4.78, 5) is 22.9. The molecule has 1 aromatic carbocycles. The lowest BCUT2D eigenvalue weighted by Gasteiger charge is -2.25. The number of carbonyl (C=O) groups is 2. The van der Waals surface area contributed by atoms with Crippen molar-refractivity contribution in [2.24, 2.45) is 0 Å². The second-order valence-electron chi connectivity index (χ2n) is 4.93. The molecule has 2 amide bonds. The van der Waals surface area contributed by atoms with E-state index < -0.39 is 17.5 Å². The Balaban J connectivity index is 2.83. The summed E-state index contributed by atoms with van der Waals surface area (Å²) in [6, 6.07) is 3.13. The number of aromatic carboxylic acids is 1. The Morgan fingerprint density at radius 3 is 2.55 bits per heavy atom. The van der Waals surface area contributed by atoms with Gasteiger partial charge in [0, 0.05) is 7.11 Å². The number of nitrogens with one attached hydrogen (secondary N) is 2. The number of carboxylic acids is 1. The number of amides is 2. The van der Waals surface area contributed by atoms with E-state index in [1.165, 1.54) is 19.2 Å². The van der Waals surface area contributed by atoms with Crippen molar-refractivity contribution in [2.45, 2.75) is 19.4 Å². The van der Waals surface area contributed by atoms with Gasteiger partial charge in [0.2, 0.25) is 0 Å². The van der Waals surface area contributed by atoms with Crippen LogP contribution < -0.4 is 10.6 Å². The van der Waals surface area contributed by atoms with Crippen LogP contribution in [0, 0.1) is 0 Å². The third-order valence-electron chi connectivity index (χ3n) is 2.44. The normalized spacial score (nSPS) is 10.9. The first-order valence-electron chi connectivity index (χ1n) is 5.89. The van der Waals surface area contributed by atoms with Crippen LogP contribution in [-0.2, 0) is 4.74 Å². The Morgan fingerprint density at radius 2 is 2.00 bits per heavy atom. The molecule has 4 N–H and O–H groups in total. The zero-order chi connectivity index (χ0) is 15.3. The Bertz CT molecular complexity index is 513. The summed E-state index contributed by atoms with van der Waals surface area (Å²) < 4.78 is 4.97. The van der Waals surface area contributed by atoms with Crippen LogP contribution >= 0.6 is 0 Å². The molecule has 1 rings (SSSR count). The van der Waals surface area contributed by atoms with E-state index in [-0.39, 0.29) is 17.0 Å². The lowest BCUT2D eigenvalue weighted by Crippen LogP contribution is -2.48. The van der Waals surface area contributed by atoms with Crippen molar-refractivity contribution in [1.29, 1.82) is 0 Å². The van der Waals surface area contributed by atoms with Gasteiger partial charge in [0.15, 0.2) is 0 Å². The number of phenolic OH excluding ortho intramolecular Hbond substituents is 1. The molecule has 110 valence electrons. The van der Waals surface area contributed by atoms with Crippen molar-refractivity contribution in [3.63, 3.8) is 0 Å². The first-order chi connectivity index (χ1) is 9.25. The van der Waals surface area contributed by atoms with Crippen LogP contribution in [0.2, 0.25) is 0 Å². The molecule has 0 fully saturated rings. The summed E-state index contributed by atoms with van der Waals surface area (Å²) in [5.41, 5.74) is -0.690. The first-order valence-corrected chi connectivity index (χ1v) is 5.89. The number of anilines is 1. The number of hydrogen-bond acceptors (Lipinski definition) is 4. The highest BCUT2D eigenvalue weighted by atomic mass is 16.5. The summed E-state index contributed by atoms with van der Waals surface area (Å²) in [5.74, 6) is -1.43. The number of rotatable bonds is 5. The van der Waals surface area contributed by atoms with Gasteiger partial charge in [0.1, 0.15) is 5.75 Å². The maximum atomic E-state index is 11.8. The molecule has 0 radical (unpaired) electrons. The quantitative estimate of drug-likeness (QED) is 0.614. The molecule has 0 aliphatic rings. The maximum Gasteiger partial charge on any atom is 0.337 e. The third kappa shape index (κ3) is 4.43. The van der Waals surface area contributed by atoms with Crippen LogP contribution in [0.3, 0.4) is 0 Å². The molecule has 0 atom stereocenters. The number of aromatic hydroxyl groups is 1. The minimum atomic E-state index is -1.24. The Morgan fingerprint density at radius 1 is 1.35 bits per heavy atom. The van der Waals surface area contributed by atoms with Crippen molar-refractivity contribution in [3.05, 3.63) is 23.8 Å². The average Bonchev–Trinajstić information content (AvgIpc) is 2.30. The molecule has 20 heavy (non-hydrogen) atoms. The van der Waals surface area contributed by atoms with Crippen LogP contribution in [0.1, 0.15) is 24.2 Å². The minimum absolute atomic E-state index is 0.0982. The second kappa shape index (κ2) is 6.25. The van der Waals surface area contributed by atoms with E-state index in [1.54, 1.807) is 13.8 Å². The molecule has 0 aliphatic heterocycles. The Labute approximate surface area is 116 Å². The number of urea groups is 1. The number of hydrogen-bond donors (Lipinski definition) is 4. The average molecular weight is 282 g/mol. The molecule has 0 saturated heterocycles. The Kier molecular flexibility index (Phi) is 4.93. The monoisotopic (exact) mass is 282 g/mol. The zero-order valence-electron chi connectivity index (χ0n) is 11.6.